The Morgan fingerprint density at radius 1 is 0.344 bits per heavy atom. The maximum Gasteiger partial charge on any atom is 0.0714 e. The van der Waals surface area contributed by atoms with Crippen molar-refractivity contribution < 1.29 is 0 Å². The first kappa shape index (κ1) is 35.0. The first-order valence-electron chi connectivity index (χ1n) is 21.1. The van der Waals surface area contributed by atoms with Crippen LogP contribution in [0.5, 0.6) is 0 Å². The van der Waals surface area contributed by atoms with E-state index in [0.717, 1.165) is 22.7 Å². The highest BCUT2D eigenvalue weighted by Gasteiger charge is 2.46. The molecule has 0 unspecified atom stereocenters. The van der Waals surface area contributed by atoms with Crippen molar-refractivity contribution in [3.63, 3.8) is 0 Å². The van der Waals surface area contributed by atoms with Crippen molar-refractivity contribution in [1.82, 2.24) is 4.57 Å². The molecule has 11 aromatic rings. The van der Waals surface area contributed by atoms with E-state index in [2.05, 4.69) is 252 Å². The van der Waals surface area contributed by atoms with Gasteiger partial charge in [0.15, 0.2) is 0 Å². The highest BCUT2D eigenvalue weighted by molar-refractivity contribution is 6.09. The summed E-state index contributed by atoms with van der Waals surface area (Å²) in [5.41, 5.74) is 16.5. The molecule has 0 saturated heterocycles. The van der Waals surface area contributed by atoms with Crippen LogP contribution in [0.25, 0.3) is 60.5 Å². The molecule has 0 spiro atoms. The van der Waals surface area contributed by atoms with Crippen LogP contribution in [0.1, 0.15) is 22.3 Å². The molecule has 10 aromatic carbocycles. The smallest absolute Gasteiger partial charge is 0.0714 e. The molecule has 0 atom stereocenters. The van der Waals surface area contributed by atoms with Crippen LogP contribution >= 0.6 is 0 Å². The molecule has 0 N–H and O–H groups in total. The van der Waals surface area contributed by atoms with Gasteiger partial charge in [-0.15, -0.1) is 0 Å². The fourth-order valence-corrected chi connectivity index (χ4v) is 10.2. The second-order valence-electron chi connectivity index (χ2n) is 16.1. The first-order valence-corrected chi connectivity index (χ1v) is 21.1. The van der Waals surface area contributed by atoms with Gasteiger partial charge in [0.25, 0.3) is 0 Å². The topological polar surface area (TPSA) is 8.17 Å². The van der Waals surface area contributed by atoms with Gasteiger partial charge in [0.05, 0.1) is 22.1 Å². The Bertz CT molecular complexity index is 3310. The van der Waals surface area contributed by atoms with E-state index in [4.69, 9.17) is 0 Å². The molecule has 1 aliphatic carbocycles. The van der Waals surface area contributed by atoms with Crippen LogP contribution in [-0.2, 0) is 5.41 Å². The van der Waals surface area contributed by atoms with E-state index in [-0.39, 0.29) is 0 Å². The molecule has 286 valence electrons. The van der Waals surface area contributed by atoms with Gasteiger partial charge in [-0.3, -0.25) is 0 Å². The van der Waals surface area contributed by atoms with Gasteiger partial charge in [-0.25, -0.2) is 0 Å². The molecule has 61 heavy (non-hydrogen) atoms. The predicted molar refractivity (Wildman–Crippen MR) is 256 cm³/mol. The molecule has 2 nitrogen and oxygen atoms in total. The zero-order valence-electron chi connectivity index (χ0n) is 33.5. The molecule has 1 aliphatic rings. The van der Waals surface area contributed by atoms with Crippen LogP contribution in [-0.4, -0.2) is 4.57 Å². The Morgan fingerprint density at radius 2 is 0.852 bits per heavy atom. The minimum Gasteiger partial charge on any atom is -0.310 e. The zero-order valence-corrected chi connectivity index (χ0v) is 33.5. The summed E-state index contributed by atoms with van der Waals surface area (Å²) in [5.74, 6) is 0. The molecule has 1 aromatic heterocycles. The lowest BCUT2D eigenvalue weighted by molar-refractivity contribution is 0.768. The number of hydrogen-bond acceptors (Lipinski definition) is 1. The maximum atomic E-state index is 2.44. The lowest BCUT2D eigenvalue weighted by Gasteiger charge is -2.35. The lowest BCUT2D eigenvalue weighted by Crippen LogP contribution is -2.28. The summed E-state index contributed by atoms with van der Waals surface area (Å²) in [6.07, 6.45) is 0. The Kier molecular flexibility index (Phi) is 8.11. The fourth-order valence-electron chi connectivity index (χ4n) is 10.2. The minimum atomic E-state index is -0.496. The Morgan fingerprint density at radius 3 is 1.52 bits per heavy atom. The number of nitrogens with zero attached hydrogens (tertiary/aromatic N) is 2. The molecule has 0 amide bonds. The summed E-state index contributed by atoms with van der Waals surface area (Å²) in [7, 11) is 0. The first-order chi connectivity index (χ1) is 30.3. The molecule has 0 radical (unpaired) electrons. The number of benzene rings is 10. The largest absolute Gasteiger partial charge is 0.310 e. The normalized spacial score (nSPS) is 12.7. The zero-order chi connectivity index (χ0) is 40.3. The lowest BCUT2D eigenvalue weighted by atomic mass is 9.67. The van der Waals surface area contributed by atoms with Crippen LogP contribution in [0.2, 0.25) is 0 Å². The summed E-state index contributed by atoms with van der Waals surface area (Å²) in [5, 5.41) is 4.95. The highest BCUT2D eigenvalue weighted by atomic mass is 15.1. The van der Waals surface area contributed by atoms with E-state index < -0.39 is 5.41 Å². The van der Waals surface area contributed by atoms with E-state index in [1.165, 1.54) is 77.1 Å². The molecule has 1 heterocycles. The van der Waals surface area contributed by atoms with E-state index in [1.807, 2.05) is 0 Å². The van der Waals surface area contributed by atoms with Gasteiger partial charge in [0.1, 0.15) is 0 Å². The molecule has 2 heteroatoms. The molecule has 0 bridgehead atoms. The number of fused-ring (bicyclic) bond motifs is 7. The molecule has 0 saturated carbocycles. The van der Waals surface area contributed by atoms with Crippen LogP contribution in [0.4, 0.5) is 17.1 Å². The van der Waals surface area contributed by atoms with Crippen LogP contribution < -0.4 is 4.90 Å². The summed E-state index contributed by atoms with van der Waals surface area (Å²) >= 11 is 0. The van der Waals surface area contributed by atoms with Gasteiger partial charge in [-0.2, -0.15) is 0 Å². The average molecular weight is 777 g/mol. The second-order valence-corrected chi connectivity index (χ2v) is 16.1. The SMILES string of the molecule is c1ccc(C2(c3cccc(N(c4ccc(-c5ccc(-n6c7ccccc7c7ccccc76)cc5)cc4)c4cccc5ccccc45)c3)c3ccccc3-c3ccccc32)cc1. The summed E-state index contributed by atoms with van der Waals surface area (Å²) in [4.78, 5) is 2.44. The number of rotatable bonds is 7. The minimum absolute atomic E-state index is 0.496. The van der Waals surface area contributed by atoms with Gasteiger partial charge in [-0.1, -0.05) is 188 Å². The van der Waals surface area contributed by atoms with Crippen LogP contribution in [0.15, 0.2) is 243 Å². The average Bonchev–Trinajstić information content (AvgIpc) is 3.84. The molecule has 0 aliphatic heterocycles. The maximum absolute atomic E-state index is 2.44. The van der Waals surface area contributed by atoms with E-state index >= 15 is 0 Å². The van der Waals surface area contributed by atoms with Crippen LogP contribution in [0, 0.1) is 0 Å². The Labute approximate surface area is 355 Å². The van der Waals surface area contributed by atoms with E-state index in [1.54, 1.807) is 0 Å². The number of anilines is 3. The summed E-state index contributed by atoms with van der Waals surface area (Å²) in [6, 6.07) is 89.0. The standard InChI is InChI=1S/C59H40N2/c1-2-18-44(19-3-1)59(54-27-10-6-23-50(54)51-24-7-11-28-55(51)59)45-20-15-21-48(40-45)60(56-31-14-17-43-16-4-5-22-49(43)56)46-36-32-41(33-37-46)42-34-38-47(39-35-42)61-57-29-12-8-25-52(57)53-26-9-13-30-58(53)61/h1-40H. The summed E-state index contributed by atoms with van der Waals surface area (Å²) < 4.78 is 2.37. The summed E-state index contributed by atoms with van der Waals surface area (Å²) in [6.45, 7) is 0. The van der Waals surface area contributed by atoms with Gasteiger partial charge < -0.3 is 9.47 Å². The highest BCUT2D eigenvalue weighted by Crippen LogP contribution is 2.56. The third kappa shape index (κ3) is 5.43. The van der Waals surface area contributed by atoms with E-state index in [9.17, 15) is 0 Å². The molecular weight excluding hydrogens is 737 g/mol. The monoisotopic (exact) mass is 776 g/mol. The van der Waals surface area contributed by atoms with Crippen molar-refractivity contribution in [2.75, 3.05) is 4.90 Å². The van der Waals surface area contributed by atoms with Gasteiger partial charge in [-0.05, 0) is 104 Å². The van der Waals surface area contributed by atoms with Gasteiger partial charge in [0, 0.05) is 33.2 Å². The number of para-hydroxylation sites is 2. The molecule has 0 fully saturated rings. The second kappa shape index (κ2) is 14.1. The third-order valence-electron chi connectivity index (χ3n) is 12.9. The van der Waals surface area contributed by atoms with Crippen molar-refractivity contribution in [1.29, 1.82) is 0 Å². The quantitative estimate of drug-likeness (QED) is 0.156. The van der Waals surface area contributed by atoms with Gasteiger partial charge in [0.2, 0.25) is 0 Å². The van der Waals surface area contributed by atoms with Crippen molar-refractivity contribution in [2.45, 2.75) is 5.41 Å². The number of aromatic nitrogens is 1. The van der Waals surface area contributed by atoms with Crippen molar-refractivity contribution in [2.24, 2.45) is 0 Å². The predicted octanol–water partition coefficient (Wildman–Crippen LogP) is 15.4. The third-order valence-corrected chi connectivity index (χ3v) is 12.9. The Hall–Kier alpha value is -7.94. The van der Waals surface area contributed by atoms with Crippen molar-refractivity contribution >= 4 is 49.6 Å². The van der Waals surface area contributed by atoms with Crippen molar-refractivity contribution in [3.05, 3.63) is 265 Å². The molecular formula is C59H40N2. The Balaban J connectivity index is 0.992. The number of hydrogen-bond donors (Lipinski definition) is 0. The van der Waals surface area contributed by atoms with Crippen molar-refractivity contribution in [3.8, 4) is 27.9 Å². The fraction of sp³-hybridized carbons (Fsp3) is 0.0169. The molecule has 12 rings (SSSR count). The van der Waals surface area contributed by atoms with E-state index in [0.29, 0.717) is 0 Å². The van der Waals surface area contributed by atoms with Gasteiger partial charge >= 0.3 is 0 Å². The van der Waals surface area contributed by atoms with Crippen LogP contribution in [0.3, 0.4) is 0 Å².